The Bertz CT molecular complexity index is 584. The molecule has 1 aromatic rings. The lowest BCUT2D eigenvalue weighted by molar-refractivity contribution is -0.384. The molecule has 0 radical (unpaired) electrons. The average molecular weight is 306 g/mol. The zero-order valence-electron chi connectivity index (χ0n) is 13.2. The van der Waals surface area contributed by atoms with E-state index in [-0.39, 0.29) is 16.7 Å². The van der Waals surface area contributed by atoms with Crippen molar-refractivity contribution in [2.24, 2.45) is 11.3 Å². The maximum atomic E-state index is 11.4. The van der Waals surface area contributed by atoms with Gasteiger partial charge in [-0.2, -0.15) is 0 Å². The van der Waals surface area contributed by atoms with Crippen LogP contribution in [0, 0.1) is 21.4 Å². The van der Waals surface area contributed by atoms with E-state index in [1.54, 1.807) is 6.07 Å². The second kappa shape index (κ2) is 5.94. The minimum atomic E-state index is -1.13. The monoisotopic (exact) mass is 306 g/mol. The molecule has 6 heteroatoms. The first kappa shape index (κ1) is 16.3. The predicted molar refractivity (Wildman–Crippen MR) is 84.4 cm³/mol. The van der Waals surface area contributed by atoms with E-state index in [1.165, 1.54) is 6.07 Å². The van der Waals surface area contributed by atoms with Crippen molar-refractivity contribution < 1.29 is 14.8 Å². The fourth-order valence-corrected chi connectivity index (χ4v) is 3.07. The fourth-order valence-electron chi connectivity index (χ4n) is 3.07. The van der Waals surface area contributed by atoms with Crippen LogP contribution in [0.4, 0.5) is 11.4 Å². The molecule has 22 heavy (non-hydrogen) atoms. The van der Waals surface area contributed by atoms with E-state index in [0.717, 1.165) is 32.0 Å². The average Bonchev–Trinajstić information content (AvgIpc) is 2.45. The van der Waals surface area contributed by atoms with Crippen molar-refractivity contribution in [3.8, 4) is 0 Å². The highest BCUT2D eigenvalue weighted by molar-refractivity contribution is 5.95. The molecule has 1 heterocycles. The van der Waals surface area contributed by atoms with E-state index in [9.17, 15) is 20.0 Å². The summed E-state index contributed by atoms with van der Waals surface area (Å²) in [5.41, 5.74) is 0.636. The van der Waals surface area contributed by atoms with Gasteiger partial charge in [-0.15, -0.1) is 0 Å². The highest BCUT2D eigenvalue weighted by atomic mass is 16.6. The number of piperidine rings is 1. The lowest BCUT2D eigenvalue weighted by Gasteiger charge is -2.40. The van der Waals surface area contributed by atoms with Crippen molar-refractivity contribution in [2.75, 3.05) is 18.0 Å². The van der Waals surface area contributed by atoms with Gasteiger partial charge in [0.05, 0.1) is 16.2 Å². The number of rotatable bonds is 3. The van der Waals surface area contributed by atoms with Gasteiger partial charge in [0.15, 0.2) is 0 Å². The number of nitro benzene ring substituents is 1. The van der Waals surface area contributed by atoms with Crippen LogP contribution in [-0.4, -0.2) is 29.1 Å². The number of carbonyl (C=O) groups is 1. The van der Waals surface area contributed by atoms with Crippen LogP contribution in [0.25, 0.3) is 0 Å². The van der Waals surface area contributed by atoms with Gasteiger partial charge in [-0.3, -0.25) is 10.1 Å². The fraction of sp³-hybridized carbons (Fsp3) is 0.562. The van der Waals surface area contributed by atoms with Gasteiger partial charge in [0.1, 0.15) is 0 Å². The summed E-state index contributed by atoms with van der Waals surface area (Å²) in [7, 11) is 0. The second-order valence-corrected chi connectivity index (χ2v) is 6.89. The Balaban J connectivity index is 2.23. The summed E-state index contributed by atoms with van der Waals surface area (Å²) < 4.78 is 0. The van der Waals surface area contributed by atoms with Gasteiger partial charge in [-0.1, -0.05) is 20.8 Å². The molecule has 1 fully saturated rings. The molecule has 1 saturated heterocycles. The number of carboxylic acid groups (broad SMARTS) is 1. The Labute approximate surface area is 129 Å². The number of carboxylic acids is 1. The van der Waals surface area contributed by atoms with Crippen molar-refractivity contribution in [3.05, 3.63) is 33.9 Å². The highest BCUT2D eigenvalue weighted by Gasteiger charge is 2.30. The summed E-state index contributed by atoms with van der Waals surface area (Å²) in [6, 6.07) is 4.07. The molecule has 2 rings (SSSR count). The molecule has 120 valence electrons. The van der Waals surface area contributed by atoms with Crippen LogP contribution in [0.1, 0.15) is 44.0 Å². The van der Waals surface area contributed by atoms with Gasteiger partial charge in [-0.25, -0.2) is 4.79 Å². The van der Waals surface area contributed by atoms with Crippen LogP contribution in [-0.2, 0) is 0 Å². The largest absolute Gasteiger partial charge is 0.478 e. The summed E-state index contributed by atoms with van der Waals surface area (Å²) in [6.45, 7) is 8.23. The van der Waals surface area contributed by atoms with E-state index in [0.29, 0.717) is 11.6 Å². The van der Waals surface area contributed by atoms with E-state index in [4.69, 9.17) is 0 Å². The Morgan fingerprint density at radius 3 is 2.36 bits per heavy atom. The normalized spacial score (nSPS) is 16.6. The first-order valence-corrected chi connectivity index (χ1v) is 7.47. The van der Waals surface area contributed by atoms with E-state index >= 15 is 0 Å². The zero-order valence-corrected chi connectivity index (χ0v) is 13.2. The Morgan fingerprint density at radius 1 is 1.32 bits per heavy atom. The third-order valence-electron chi connectivity index (χ3n) is 4.48. The number of aromatic carboxylic acids is 1. The molecule has 0 amide bonds. The molecular formula is C16H22N2O4. The van der Waals surface area contributed by atoms with Gasteiger partial charge in [0, 0.05) is 25.2 Å². The molecule has 0 bridgehead atoms. The number of hydrogen-bond donors (Lipinski definition) is 1. The molecule has 6 nitrogen and oxygen atoms in total. The van der Waals surface area contributed by atoms with Crippen LogP contribution >= 0.6 is 0 Å². The molecule has 1 aliphatic rings. The lowest BCUT2D eigenvalue weighted by atomic mass is 9.75. The first-order chi connectivity index (χ1) is 10.2. The molecular weight excluding hydrogens is 284 g/mol. The molecule has 0 unspecified atom stereocenters. The van der Waals surface area contributed by atoms with Crippen molar-refractivity contribution in [1.29, 1.82) is 0 Å². The van der Waals surface area contributed by atoms with Crippen molar-refractivity contribution in [2.45, 2.75) is 33.6 Å². The number of nitrogens with zero attached hydrogens (tertiary/aromatic N) is 2. The van der Waals surface area contributed by atoms with Crippen LogP contribution in [0.2, 0.25) is 0 Å². The summed E-state index contributed by atoms with van der Waals surface area (Å²) >= 11 is 0. The molecule has 0 spiro atoms. The summed E-state index contributed by atoms with van der Waals surface area (Å²) in [4.78, 5) is 23.7. The minimum Gasteiger partial charge on any atom is -0.478 e. The Hall–Kier alpha value is -2.11. The van der Waals surface area contributed by atoms with Crippen LogP contribution in [0.3, 0.4) is 0 Å². The minimum absolute atomic E-state index is 0.00316. The molecule has 0 aromatic heterocycles. The molecule has 1 aromatic carbocycles. The quantitative estimate of drug-likeness (QED) is 0.682. The number of benzene rings is 1. The Kier molecular flexibility index (Phi) is 4.39. The predicted octanol–water partition coefficient (Wildman–Crippen LogP) is 3.56. The number of nitro groups is 1. The standard InChI is InChI=1S/C16H22N2O4/c1-16(2,3)11-6-8-17(9-7-11)14-5-4-12(18(21)22)10-13(14)15(19)20/h4-5,10-11H,6-9H2,1-3H3,(H,19,20). The van der Waals surface area contributed by atoms with Crippen molar-refractivity contribution >= 4 is 17.3 Å². The third-order valence-corrected chi connectivity index (χ3v) is 4.48. The van der Waals surface area contributed by atoms with E-state index in [2.05, 4.69) is 20.8 Å². The maximum absolute atomic E-state index is 11.4. The maximum Gasteiger partial charge on any atom is 0.338 e. The van der Waals surface area contributed by atoms with Crippen LogP contribution in [0.5, 0.6) is 0 Å². The van der Waals surface area contributed by atoms with Crippen molar-refractivity contribution in [3.63, 3.8) is 0 Å². The molecule has 1 N–H and O–H groups in total. The topological polar surface area (TPSA) is 83.7 Å². The smallest absolute Gasteiger partial charge is 0.338 e. The van der Waals surface area contributed by atoms with Gasteiger partial charge < -0.3 is 10.0 Å². The van der Waals surface area contributed by atoms with Gasteiger partial charge >= 0.3 is 5.97 Å². The van der Waals surface area contributed by atoms with Crippen molar-refractivity contribution in [1.82, 2.24) is 0 Å². The Morgan fingerprint density at radius 2 is 1.91 bits per heavy atom. The molecule has 0 saturated carbocycles. The highest BCUT2D eigenvalue weighted by Crippen LogP contribution is 2.36. The number of hydrogen-bond acceptors (Lipinski definition) is 4. The summed E-state index contributed by atoms with van der Waals surface area (Å²) in [5, 5.41) is 20.2. The van der Waals surface area contributed by atoms with Gasteiger partial charge in [0.25, 0.3) is 5.69 Å². The lowest BCUT2D eigenvalue weighted by Crippen LogP contribution is -2.38. The SMILES string of the molecule is CC(C)(C)C1CCN(c2ccc([N+](=O)[O-])cc2C(=O)O)CC1. The molecule has 0 aliphatic carbocycles. The zero-order chi connectivity index (χ0) is 16.5. The molecule has 1 aliphatic heterocycles. The second-order valence-electron chi connectivity index (χ2n) is 6.89. The number of non-ortho nitro benzene ring substituents is 1. The van der Waals surface area contributed by atoms with E-state index < -0.39 is 10.9 Å². The van der Waals surface area contributed by atoms with Crippen LogP contribution in [0.15, 0.2) is 18.2 Å². The molecule has 0 atom stereocenters. The summed E-state index contributed by atoms with van der Waals surface area (Å²) in [6.07, 6.45) is 2.00. The third kappa shape index (κ3) is 3.37. The van der Waals surface area contributed by atoms with Gasteiger partial charge in [-0.05, 0) is 30.2 Å². The van der Waals surface area contributed by atoms with E-state index in [1.807, 2.05) is 4.90 Å². The number of anilines is 1. The first-order valence-electron chi connectivity index (χ1n) is 7.47. The summed E-state index contributed by atoms with van der Waals surface area (Å²) in [5.74, 6) is -0.522. The van der Waals surface area contributed by atoms with Gasteiger partial charge in [0.2, 0.25) is 0 Å². The van der Waals surface area contributed by atoms with Crippen LogP contribution < -0.4 is 4.90 Å².